The lowest BCUT2D eigenvalue weighted by atomic mass is 9.92. The van der Waals surface area contributed by atoms with Crippen LogP contribution in [0.1, 0.15) is 40.8 Å². The molecule has 0 amide bonds. The van der Waals surface area contributed by atoms with Gasteiger partial charge in [-0.2, -0.15) is 17.6 Å². The van der Waals surface area contributed by atoms with Gasteiger partial charge in [-0.25, -0.2) is 4.98 Å². The van der Waals surface area contributed by atoms with E-state index in [4.69, 9.17) is 0 Å². The average Bonchev–Trinajstić information content (AvgIpc) is 3.18. The van der Waals surface area contributed by atoms with Gasteiger partial charge in [0.2, 0.25) is 0 Å². The summed E-state index contributed by atoms with van der Waals surface area (Å²) in [5, 5.41) is 10.9. The minimum absolute atomic E-state index is 0.413. The number of hydrogen-bond acceptors (Lipinski definition) is 6. The van der Waals surface area contributed by atoms with Crippen LogP contribution in [-0.4, -0.2) is 28.3 Å². The maximum atomic E-state index is 12.9. The van der Waals surface area contributed by atoms with Gasteiger partial charge in [-0.1, -0.05) is 6.07 Å². The van der Waals surface area contributed by atoms with E-state index in [0.29, 0.717) is 21.9 Å². The van der Waals surface area contributed by atoms with Crippen molar-refractivity contribution in [2.75, 3.05) is 0 Å². The van der Waals surface area contributed by atoms with E-state index in [-0.39, 0.29) is 0 Å². The van der Waals surface area contributed by atoms with Crippen molar-refractivity contribution in [3.05, 3.63) is 69.9 Å². The molecule has 0 saturated carbocycles. The Hall–Kier alpha value is -2.72. The van der Waals surface area contributed by atoms with E-state index in [1.54, 1.807) is 32.4 Å². The fraction of sp³-hybridized carbons (Fsp3) is 0.333. The summed E-state index contributed by atoms with van der Waals surface area (Å²) in [7, 11) is 0. The number of alkyl halides is 4. The highest BCUT2D eigenvalue weighted by molar-refractivity contribution is 7.11. The Morgan fingerprint density at radius 1 is 1.00 bits per heavy atom. The summed E-state index contributed by atoms with van der Waals surface area (Å²) < 4.78 is 59.8. The topological polar surface area (TPSA) is 64.5 Å². The quantitative estimate of drug-likeness (QED) is 0.440. The first-order valence-corrected chi connectivity index (χ1v) is 10.1. The summed E-state index contributed by atoms with van der Waals surface area (Å²) in [4.78, 5) is 9.03. The minimum Gasteiger partial charge on any atom is -0.431 e. The molecule has 3 rings (SSSR count). The Balaban J connectivity index is 2.04. The zero-order valence-electron chi connectivity index (χ0n) is 16.6. The maximum Gasteiger partial charge on any atom is 0.387 e. The molecule has 0 fully saturated rings. The molecule has 0 aliphatic heterocycles. The predicted molar refractivity (Wildman–Crippen MR) is 107 cm³/mol. The molecule has 1 unspecified atom stereocenters. The fourth-order valence-corrected chi connectivity index (χ4v) is 4.00. The zero-order valence-corrected chi connectivity index (χ0v) is 17.5. The van der Waals surface area contributed by atoms with Crippen LogP contribution < -0.4 is 9.47 Å². The summed E-state index contributed by atoms with van der Waals surface area (Å²) in [5.74, 6) is -1.39. The molecule has 0 aliphatic rings. The predicted octanol–water partition coefficient (Wildman–Crippen LogP) is 5.34. The second-order valence-corrected chi connectivity index (χ2v) is 8.26. The second kappa shape index (κ2) is 9.61. The van der Waals surface area contributed by atoms with E-state index in [2.05, 4.69) is 19.4 Å². The third-order valence-electron chi connectivity index (χ3n) is 4.42. The number of hydrogen-bond donors (Lipinski definition) is 1. The number of nitrogens with zero attached hydrogens (tertiary/aromatic N) is 2. The molecular formula is C21H20F4N2O3S. The molecule has 0 radical (unpaired) electrons. The van der Waals surface area contributed by atoms with Gasteiger partial charge in [0.25, 0.3) is 0 Å². The van der Waals surface area contributed by atoms with Gasteiger partial charge in [-0.3, -0.25) is 4.98 Å². The molecule has 1 aromatic carbocycles. The summed E-state index contributed by atoms with van der Waals surface area (Å²) >= 11 is 1.28. The van der Waals surface area contributed by atoms with Crippen molar-refractivity contribution in [1.29, 1.82) is 0 Å². The Morgan fingerprint density at radius 3 is 2.23 bits per heavy atom. The molecule has 0 bridgehead atoms. The molecule has 0 saturated heterocycles. The molecule has 166 valence electrons. The third-order valence-corrected chi connectivity index (χ3v) is 5.84. The van der Waals surface area contributed by atoms with Crippen molar-refractivity contribution in [3.63, 3.8) is 0 Å². The summed E-state index contributed by atoms with van der Waals surface area (Å²) in [6.07, 6.45) is 5.25. The number of halogens is 4. The van der Waals surface area contributed by atoms with Gasteiger partial charge in [0.05, 0.1) is 10.5 Å². The minimum atomic E-state index is -3.21. The van der Waals surface area contributed by atoms with E-state index < -0.39 is 36.2 Å². The molecule has 10 heteroatoms. The number of thiazole rings is 1. The number of aromatic nitrogens is 2. The fourth-order valence-electron chi connectivity index (χ4n) is 2.96. The van der Waals surface area contributed by atoms with E-state index in [0.717, 1.165) is 5.56 Å². The summed E-state index contributed by atoms with van der Waals surface area (Å²) in [5.41, 5.74) is 0.325. The smallest absolute Gasteiger partial charge is 0.387 e. The lowest BCUT2D eigenvalue weighted by Gasteiger charge is -2.19. The Kier molecular flexibility index (Phi) is 7.11. The summed E-state index contributed by atoms with van der Waals surface area (Å²) in [6.45, 7) is -3.14. The van der Waals surface area contributed by atoms with Crippen LogP contribution in [-0.2, 0) is 12.0 Å². The van der Waals surface area contributed by atoms with Gasteiger partial charge in [0, 0.05) is 24.5 Å². The van der Waals surface area contributed by atoms with Crippen molar-refractivity contribution in [1.82, 2.24) is 9.97 Å². The van der Waals surface area contributed by atoms with Crippen molar-refractivity contribution < 1.29 is 32.1 Å². The van der Waals surface area contributed by atoms with Gasteiger partial charge in [0.1, 0.15) is 5.01 Å². The highest BCUT2D eigenvalue weighted by Crippen LogP contribution is 2.39. The normalized spacial score (nSPS) is 12.9. The van der Waals surface area contributed by atoms with E-state index >= 15 is 0 Å². The zero-order chi connectivity index (χ0) is 22.6. The molecule has 1 N–H and O–H groups in total. The van der Waals surface area contributed by atoms with Crippen molar-refractivity contribution in [3.8, 4) is 11.5 Å². The van der Waals surface area contributed by atoms with Crippen LogP contribution in [0.5, 0.6) is 11.5 Å². The van der Waals surface area contributed by atoms with Crippen LogP contribution in [0.25, 0.3) is 0 Å². The van der Waals surface area contributed by atoms with Crippen LogP contribution in [0.15, 0.2) is 48.9 Å². The molecule has 3 aromatic rings. The summed E-state index contributed by atoms with van der Waals surface area (Å²) in [6, 6.07) is 7.54. The van der Waals surface area contributed by atoms with Crippen LogP contribution in [0.2, 0.25) is 0 Å². The molecule has 2 aromatic heterocycles. The van der Waals surface area contributed by atoms with E-state index in [1.165, 1.54) is 29.5 Å². The van der Waals surface area contributed by atoms with Crippen molar-refractivity contribution in [2.24, 2.45) is 0 Å². The lowest BCUT2D eigenvalue weighted by molar-refractivity contribution is -0.0692. The first-order valence-electron chi connectivity index (χ1n) is 9.24. The molecule has 5 nitrogen and oxygen atoms in total. The first-order chi connectivity index (χ1) is 14.6. The molecule has 2 heterocycles. The van der Waals surface area contributed by atoms with Crippen LogP contribution >= 0.6 is 11.3 Å². The van der Waals surface area contributed by atoms with E-state index in [1.807, 2.05) is 12.1 Å². The standard InChI is InChI=1S/C21H20F4N2O3S/c1-21(2,28)17-11-27-18(31-17)14(9-12-5-7-26-8-6-12)13-3-4-15(29-19(22)23)16(10-13)30-20(24)25/h3-8,10-11,14,19-20,28H,9H2,1-2H3. The largest absolute Gasteiger partial charge is 0.431 e. The van der Waals surface area contributed by atoms with Gasteiger partial charge in [-0.05, 0) is 55.7 Å². The maximum absolute atomic E-state index is 12.9. The molecule has 1 atom stereocenters. The van der Waals surface area contributed by atoms with Gasteiger partial charge in [-0.15, -0.1) is 11.3 Å². The number of rotatable bonds is 9. The number of aliphatic hydroxyl groups is 1. The Labute approximate surface area is 180 Å². The molecule has 0 spiro atoms. The second-order valence-electron chi connectivity index (χ2n) is 7.20. The number of pyridine rings is 1. The molecular weight excluding hydrogens is 436 g/mol. The molecule has 31 heavy (non-hydrogen) atoms. The van der Waals surface area contributed by atoms with Gasteiger partial charge >= 0.3 is 13.2 Å². The number of ether oxygens (including phenoxy) is 2. The lowest BCUT2D eigenvalue weighted by Crippen LogP contribution is -2.13. The Morgan fingerprint density at radius 2 is 1.65 bits per heavy atom. The highest BCUT2D eigenvalue weighted by Gasteiger charge is 2.26. The SMILES string of the molecule is CC(C)(O)c1cnc(C(Cc2ccncc2)c2ccc(OC(F)F)c(OC(F)F)c2)s1. The monoisotopic (exact) mass is 456 g/mol. The van der Waals surface area contributed by atoms with E-state index in [9.17, 15) is 22.7 Å². The number of benzene rings is 1. The van der Waals surface area contributed by atoms with Crippen LogP contribution in [0.4, 0.5) is 17.6 Å². The average molecular weight is 456 g/mol. The van der Waals surface area contributed by atoms with Gasteiger partial charge < -0.3 is 14.6 Å². The van der Waals surface area contributed by atoms with Crippen molar-refractivity contribution in [2.45, 2.75) is 45.0 Å². The highest BCUT2D eigenvalue weighted by atomic mass is 32.1. The third kappa shape index (κ3) is 6.14. The van der Waals surface area contributed by atoms with Gasteiger partial charge in [0.15, 0.2) is 11.5 Å². The Bertz CT molecular complexity index is 994. The molecule has 0 aliphatic carbocycles. The van der Waals surface area contributed by atoms with Crippen LogP contribution in [0, 0.1) is 0 Å². The van der Waals surface area contributed by atoms with Crippen molar-refractivity contribution >= 4 is 11.3 Å². The van der Waals surface area contributed by atoms with Crippen LogP contribution in [0.3, 0.4) is 0 Å². The first kappa shape index (κ1) is 23.0.